The molecule has 2 rings (SSSR count). The third-order valence-corrected chi connectivity index (χ3v) is 2.09. The summed E-state index contributed by atoms with van der Waals surface area (Å²) >= 11 is 0. The first-order chi connectivity index (χ1) is 7.25. The highest BCUT2D eigenvalue weighted by Crippen LogP contribution is 2.24. The van der Waals surface area contributed by atoms with Gasteiger partial charge < -0.3 is 9.84 Å². The maximum absolute atomic E-state index is 10.5. The normalized spacial score (nSPS) is 13.5. The van der Waals surface area contributed by atoms with Crippen LogP contribution in [0.15, 0.2) is 42.2 Å². The average Bonchev–Trinajstić information content (AvgIpc) is 2.41. The molecule has 0 saturated heterocycles. The molecule has 0 atom stereocenters. The second-order valence-corrected chi connectivity index (χ2v) is 3.25. The van der Waals surface area contributed by atoms with E-state index in [1.807, 2.05) is 30.3 Å². The van der Waals surface area contributed by atoms with Gasteiger partial charge in [-0.25, -0.2) is 0 Å². The predicted octanol–water partition coefficient (Wildman–Crippen LogP) is 2.45. The molecule has 76 valence electrons. The van der Waals surface area contributed by atoms with Gasteiger partial charge in [0, 0.05) is 5.56 Å². The summed E-state index contributed by atoms with van der Waals surface area (Å²) in [7, 11) is 0. The lowest BCUT2D eigenvalue weighted by molar-refractivity contribution is -0.136. The zero-order valence-corrected chi connectivity index (χ0v) is 8.01. The Hall–Kier alpha value is -2.03. The van der Waals surface area contributed by atoms with Crippen molar-refractivity contribution in [1.82, 2.24) is 0 Å². The molecule has 3 heteroatoms. The number of hydrogen-bond donors (Lipinski definition) is 1. The van der Waals surface area contributed by atoms with Gasteiger partial charge in [0.1, 0.15) is 5.75 Å². The Morgan fingerprint density at radius 3 is 2.87 bits per heavy atom. The second kappa shape index (κ2) is 4.00. The van der Waals surface area contributed by atoms with Crippen molar-refractivity contribution in [2.45, 2.75) is 6.42 Å². The SMILES string of the molecule is O=C(O)CC1=COc2ccccc2C=C1. The Balaban J connectivity index is 2.25. The Kier molecular flexibility index (Phi) is 2.54. The summed E-state index contributed by atoms with van der Waals surface area (Å²) < 4.78 is 5.37. The highest BCUT2D eigenvalue weighted by molar-refractivity contribution is 5.72. The third-order valence-electron chi connectivity index (χ3n) is 2.09. The average molecular weight is 202 g/mol. The lowest BCUT2D eigenvalue weighted by Gasteiger charge is -2.01. The van der Waals surface area contributed by atoms with Crippen molar-refractivity contribution in [3.05, 3.63) is 47.7 Å². The van der Waals surface area contributed by atoms with E-state index in [0.29, 0.717) is 5.57 Å². The van der Waals surface area contributed by atoms with Crippen molar-refractivity contribution >= 4 is 12.0 Å². The minimum atomic E-state index is -0.861. The van der Waals surface area contributed by atoms with Gasteiger partial charge in [-0.15, -0.1) is 0 Å². The summed E-state index contributed by atoms with van der Waals surface area (Å²) in [6.07, 6.45) is 5.08. The van der Waals surface area contributed by atoms with Gasteiger partial charge in [0.2, 0.25) is 0 Å². The highest BCUT2D eigenvalue weighted by Gasteiger charge is 2.06. The minimum Gasteiger partial charge on any atom is -0.481 e. The van der Waals surface area contributed by atoms with E-state index in [1.54, 1.807) is 6.08 Å². The first-order valence-electron chi connectivity index (χ1n) is 4.60. The van der Waals surface area contributed by atoms with Crippen LogP contribution in [0.4, 0.5) is 0 Å². The van der Waals surface area contributed by atoms with Crippen LogP contribution in [0.2, 0.25) is 0 Å². The standard InChI is InChI=1S/C12H10O3/c13-12(14)7-9-5-6-10-3-1-2-4-11(10)15-8-9/h1-6,8H,7H2,(H,13,14). The van der Waals surface area contributed by atoms with Gasteiger partial charge in [-0.05, 0) is 11.6 Å². The molecule has 0 bridgehead atoms. The summed E-state index contributed by atoms with van der Waals surface area (Å²) in [5.74, 6) is -0.116. The fourth-order valence-electron chi connectivity index (χ4n) is 1.38. The van der Waals surface area contributed by atoms with Crippen LogP contribution in [-0.4, -0.2) is 11.1 Å². The number of benzene rings is 1. The molecule has 0 amide bonds. The van der Waals surface area contributed by atoms with Gasteiger partial charge >= 0.3 is 5.97 Å². The molecule has 3 nitrogen and oxygen atoms in total. The van der Waals surface area contributed by atoms with Gasteiger partial charge in [-0.1, -0.05) is 30.4 Å². The zero-order chi connectivity index (χ0) is 10.7. The van der Waals surface area contributed by atoms with Gasteiger partial charge in [-0.2, -0.15) is 0 Å². The number of para-hydroxylation sites is 1. The Bertz CT molecular complexity index is 444. The number of fused-ring (bicyclic) bond motifs is 1. The van der Waals surface area contributed by atoms with E-state index < -0.39 is 5.97 Å². The van der Waals surface area contributed by atoms with E-state index in [0.717, 1.165) is 11.3 Å². The lowest BCUT2D eigenvalue weighted by atomic mass is 10.1. The first-order valence-corrected chi connectivity index (χ1v) is 4.60. The minimum absolute atomic E-state index is 0.0233. The molecule has 1 N–H and O–H groups in total. The summed E-state index contributed by atoms with van der Waals surface area (Å²) in [6.45, 7) is 0. The van der Waals surface area contributed by atoms with Crippen molar-refractivity contribution in [2.24, 2.45) is 0 Å². The number of hydrogen-bond acceptors (Lipinski definition) is 2. The van der Waals surface area contributed by atoms with Gasteiger partial charge in [0.15, 0.2) is 0 Å². The van der Waals surface area contributed by atoms with Gasteiger partial charge in [-0.3, -0.25) is 4.79 Å². The molecule has 0 spiro atoms. The molecule has 1 aromatic rings. The highest BCUT2D eigenvalue weighted by atomic mass is 16.5. The van der Waals surface area contributed by atoms with Crippen molar-refractivity contribution < 1.29 is 14.6 Å². The molecule has 15 heavy (non-hydrogen) atoms. The van der Waals surface area contributed by atoms with E-state index in [1.165, 1.54) is 6.26 Å². The molecule has 0 aromatic heterocycles. The molecule has 0 saturated carbocycles. The molecule has 0 radical (unpaired) electrons. The van der Waals surface area contributed by atoms with Gasteiger partial charge in [0.25, 0.3) is 0 Å². The summed E-state index contributed by atoms with van der Waals surface area (Å²) in [5, 5.41) is 8.64. The molecule has 0 unspecified atom stereocenters. The van der Waals surface area contributed by atoms with Crippen LogP contribution in [0.25, 0.3) is 6.08 Å². The first kappa shape index (κ1) is 9.52. The van der Waals surface area contributed by atoms with Crippen LogP contribution >= 0.6 is 0 Å². The van der Waals surface area contributed by atoms with Crippen molar-refractivity contribution in [3.63, 3.8) is 0 Å². The summed E-state index contributed by atoms with van der Waals surface area (Å²) in [4.78, 5) is 10.5. The Morgan fingerprint density at radius 2 is 2.07 bits per heavy atom. The van der Waals surface area contributed by atoms with E-state index in [2.05, 4.69) is 0 Å². The van der Waals surface area contributed by atoms with Crippen LogP contribution in [0, 0.1) is 0 Å². The smallest absolute Gasteiger partial charge is 0.307 e. The molecular weight excluding hydrogens is 192 g/mol. The van der Waals surface area contributed by atoms with E-state index >= 15 is 0 Å². The molecule has 1 aromatic carbocycles. The topological polar surface area (TPSA) is 46.5 Å². The third kappa shape index (κ3) is 2.26. The Morgan fingerprint density at radius 1 is 1.27 bits per heavy atom. The maximum Gasteiger partial charge on any atom is 0.307 e. The number of rotatable bonds is 2. The van der Waals surface area contributed by atoms with Crippen molar-refractivity contribution in [2.75, 3.05) is 0 Å². The largest absolute Gasteiger partial charge is 0.481 e. The number of carboxylic acid groups (broad SMARTS) is 1. The molecule has 1 heterocycles. The van der Waals surface area contributed by atoms with Crippen LogP contribution in [0.5, 0.6) is 5.75 Å². The number of carboxylic acids is 1. The molecule has 1 aliphatic rings. The van der Waals surface area contributed by atoms with Crippen LogP contribution in [-0.2, 0) is 4.79 Å². The lowest BCUT2D eigenvalue weighted by Crippen LogP contribution is -1.96. The van der Waals surface area contributed by atoms with Crippen LogP contribution < -0.4 is 4.74 Å². The summed E-state index contributed by atoms with van der Waals surface area (Å²) in [6, 6.07) is 7.56. The van der Waals surface area contributed by atoms with Crippen LogP contribution in [0.3, 0.4) is 0 Å². The van der Waals surface area contributed by atoms with Gasteiger partial charge in [0.05, 0.1) is 12.7 Å². The number of ether oxygens (including phenoxy) is 1. The Labute approximate surface area is 87.3 Å². The molecular formula is C12H10O3. The van der Waals surface area contributed by atoms with Crippen molar-refractivity contribution in [3.8, 4) is 5.75 Å². The number of carbonyl (C=O) groups is 1. The van der Waals surface area contributed by atoms with E-state index in [4.69, 9.17) is 9.84 Å². The second-order valence-electron chi connectivity index (χ2n) is 3.25. The number of allylic oxidation sites excluding steroid dienone is 1. The summed E-state index contributed by atoms with van der Waals surface area (Å²) in [5.41, 5.74) is 1.60. The molecule has 0 aliphatic carbocycles. The maximum atomic E-state index is 10.5. The van der Waals surface area contributed by atoms with E-state index in [-0.39, 0.29) is 6.42 Å². The molecule has 0 fully saturated rings. The monoisotopic (exact) mass is 202 g/mol. The van der Waals surface area contributed by atoms with Crippen LogP contribution in [0.1, 0.15) is 12.0 Å². The van der Waals surface area contributed by atoms with E-state index in [9.17, 15) is 4.79 Å². The molecule has 1 aliphatic heterocycles. The fourth-order valence-corrected chi connectivity index (χ4v) is 1.38. The number of aliphatic carboxylic acids is 1. The fraction of sp³-hybridized carbons (Fsp3) is 0.0833. The zero-order valence-electron chi connectivity index (χ0n) is 8.01. The predicted molar refractivity (Wildman–Crippen MR) is 56.4 cm³/mol. The van der Waals surface area contributed by atoms with Crippen molar-refractivity contribution in [1.29, 1.82) is 0 Å². The quantitative estimate of drug-likeness (QED) is 0.801.